The second kappa shape index (κ2) is 18.7. The highest BCUT2D eigenvalue weighted by Gasteiger charge is 2.40. The van der Waals surface area contributed by atoms with E-state index in [1.54, 1.807) is 52.0 Å². The maximum atomic E-state index is 13.5. The molecule has 4 atom stereocenters. The van der Waals surface area contributed by atoms with E-state index in [0.29, 0.717) is 16.2 Å². The lowest BCUT2D eigenvalue weighted by molar-refractivity contribution is -0.148. The predicted octanol–water partition coefficient (Wildman–Crippen LogP) is 0.0532. The normalized spacial score (nSPS) is 16.3. The first-order valence-electron chi connectivity index (χ1n) is 15.8. The molecule has 1 aliphatic rings. The minimum Gasteiger partial charge on any atom is -0.461 e. The highest BCUT2D eigenvalue weighted by molar-refractivity contribution is 7.87. The summed E-state index contributed by atoms with van der Waals surface area (Å²) in [6.07, 6.45) is 4.50. The van der Waals surface area contributed by atoms with Gasteiger partial charge in [0.15, 0.2) is 5.25 Å². The lowest BCUT2D eigenvalue weighted by Crippen LogP contribution is -2.56. The third kappa shape index (κ3) is 12.5. The van der Waals surface area contributed by atoms with Gasteiger partial charge in [0, 0.05) is 25.2 Å². The fourth-order valence-corrected chi connectivity index (χ4v) is 5.52. The number of hydrogen-bond donors (Lipinski definition) is 6. The van der Waals surface area contributed by atoms with E-state index in [1.807, 2.05) is 0 Å². The van der Waals surface area contributed by atoms with Gasteiger partial charge in [0.25, 0.3) is 10.1 Å². The van der Waals surface area contributed by atoms with E-state index in [4.69, 9.17) is 16.9 Å². The number of nitrogens with zero attached hydrogens (tertiary/aromatic N) is 1. The first kappa shape index (κ1) is 41.2. The Bertz CT molecular complexity index is 1590. The number of carbonyl (C=O) groups excluding carboxylic acids is 7. The number of imide groups is 1. The molecule has 0 radical (unpaired) electrons. The minimum absolute atomic E-state index is 0.00401. The molecule has 2 rings (SSSR count). The fraction of sp³-hybridized carbons (Fsp3) is 0.531. The number of anilines is 1. The molecule has 17 nitrogen and oxygen atoms in total. The van der Waals surface area contributed by atoms with Crippen molar-refractivity contribution >= 4 is 57.3 Å². The van der Waals surface area contributed by atoms with E-state index in [9.17, 15) is 46.5 Å². The summed E-state index contributed by atoms with van der Waals surface area (Å²) in [5.74, 6) is -4.38. The number of likely N-dealkylation sites (tertiary alicyclic amines) is 1. The van der Waals surface area contributed by atoms with Crippen molar-refractivity contribution < 1.29 is 51.3 Å². The summed E-state index contributed by atoms with van der Waals surface area (Å²) >= 11 is 0. The van der Waals surface area contributed by atoms with Crippen LogP contribution in [0.1, 0.15) is 58.9 Å². The average molecular weight is 721 g/mol. The Kier molecular flexibility index (Phi) is 15.4. The van der Waals surface area contributed by atoms with Crippen LogP contribution in [0.3, 0.4) is 0 Å². The Hall–Kier alpha value is -5.02. The molecule has 274 valence electrons. The topological polar surface area (TPSA) is 260 Å². The zero-order valence-corrected chi connectivity index (χ0v) is 29.1. The molecule has 1 fully saturated rings. The van der Waals surface area contributed by atoms with Gasteiger partial charge >= 0.3 is 12.0 Å². The summed E-state index contributed by atoms with van der Waals surface area (Å²) in [6, 6.07) is 2.98. The van der Waals surface area contributed by atoms with Crippen LogP contribution >= 0.6 is 0 Å². The van der Waals surface area contributed by atoms with Gasteiger partial charge in [-0.15, -0.1) is 6.42 Å². The summed E-state index contributed by atoms with van der Waals surface area (Å²) in [6.45, 7) is 6.06. The van der Waals surface area contributed by atoms with Gasteiger partial charge in [-0.3, -0.25) is 38.2 Å². The number of hydrogen-bond acceptors (Lipinski definition) is 10. The summed E-state index contributed by atoms with van der Waals surface area (Å²) in [4.78, 5) is 88.1. The zero-order chi connectivity index (χ0) is 37.8. The standard InChI is InChI=1S/C32H44N6O11S/c1-6-21-16-25(39)38(30(21)43)15-13-24(50(46,47)48)28(41)37-26(18(2)3)29(42)36-23(8-7-14-34-32(33)45)27(40)35-22-11-9-20(10-12-22)17-49-31(44)19(4)5/h1,9-12,18-19,21,23-24,26H,7-8,13-17H2,2-5H3,(H,35,40)(H,36,42)(H,37,41)(H3,33,34,45)(H,46,47,48)/t21?,23-,24-,26-/m0/s1. The van der Waals surface area contributed by atoms with Gasteiger partial charge in [0.05, 0.1) is 5.92 Å². The molecule has 7 amide bonds. The van der Waals surface area contributed by atoms with Crippen molar-refractivity contribution in [3.63, 3.8) is 0 Å². The number of carbonyl (C=O) groups is 7. The number of benzene rings is 1. The summed E-state index contributed by atoms with van der Waals surface area (Å²) in [7, 11) is -5.08. The monoisotopic (exact) mass is 720 g/mol. The number of terminal acetylenes is 1. The third-order valence-corrected chi connectivity index (χ3v) is 8.80. The molecule has 1 unspecified atom stereocenters. The van der Waals surface area contributed by atoms with Gasteiger partial charge in [0.1, 0.15) is 24.6 Å². The summed E-state index contributed by atoms with van der Waals surface area (Å²) in [5.41, 5.74) is 6.11. The number of amides is 7. The van der Waals surface area contributed by atoms with Gasteiger partial charge in [-0.25, -0.2) is 4.79 Å². The number of rotatable bonds is 18. The van der Waals surface area contributed by atoms with Crippen LogP contribution in [0.25, 0.3) is 0 Å². The van der Waals surface area contributed by atoms with Gasteiger partial charge < -0.3 is 31.7 Å². The summed E-state index contributed by atoms with van der Waals surface area (Å²) < 4.78 is 39.4. The van der Waals surface area contributed by atoms with Gasteiger partial charge in [-0.05, 0) is 42.9 Å². The van der Waals surface area contributed by atoms with E-state index in [-0.39, 0.29) is 44.3 Å². The van der Waals surface area contributed by atoms with Crippen molar-refractivity contribution in [1.82, 2.24) is 20.9 Å². The molecule has 1 aliphatic heterocycles. The Morgan fingerprint density at radius 1 is 1.02 bits per heavy atom. The van der Waals surface area contributed by atoms with Crippen LogP contribution in [0.5, 0.6) is 0 Å². The molecule has 1 aromatic carbocycles. The second-order valence-corrected chi connectivity index (χ2v) is 13.9. The number of ether oxygens (including phenoxy) is 1. The summed E-state index contributed by atoms with van der Waals surface area (Å²) in [5, 5.41) is 7.74. The van der Waals surface area contributed by atoms with E-state index in [0.717, 1.165) is 0 Å². The smallest absolute Gasteiger partial charge is 0.312 e. The molecule has 7 N–H and O–H groups in total. The Morgan fingerprint density at radius 2 is 1.66 bits per heavy atom. The molecule has 0 spiro atoms. The second-order valence-electron chi connectivity index (χ2n) is 12.3. The number of urea groups is 1. The van der Waals surface area contributed by atoms with Crippen LogP contribution in [0.15, 0.2) is 24.3 Å². The first-order valence-corrected chi connectivity index (χ1v) is 17.3. The Balaban J connectivity index is 2.18. The third-order valence-electron chi connectivity index (χ3n) is 7.63. The lowest BCUT2D eigenvalue weighted by atomic mass is 10.0. The molecule has 0 aliphatic carbocycles. The number of nitrogens with two attached hydrogens (primary N) is 1. The molecule has 0 bridgehead atoms. The molecule has 18 heteroatoms. The first-order chi connectivity index (χ1) is 23.3. The van der Waals surface area contributed by atoms with Crippen molar-refractivity contribution in [3.05, 3.63) is 29.8 Å². The van der Waals surface area contributed by atoms with Gasteiger partial charge in [-0.2, -0.15) is 8.42 Å². The number of esters is 1. The minimum atomic E-state index is -5.08. The van der Waals surface area contributed by atoms with E-state index >= 15 is 0 Å². The highest BCUT2D eigenvalue weighted by Crippen LogP contribution is 2.20. The molecular weight excluding hydrogens is 676 g/mol. The number of primary amides is 1. The fourth-order valence-electron chi connectivity index (χ4n) is 4.77. The van der Waals surface area contributed by atoms with Crippen molar-refractivity contribution in [1.29, 1.82) is 0 Å². The van der Waals surface area contributed by atoms with Gasteiger partial charge in [-0.1, -0.05) is 45.7 Å². The molecule has 1 aromatic rings. The van der Waals surface area contributed by atoms with Crippen LogP contribution in [-0.4, -0.2) is 89.8 Å². The van der Waals surface area contributed by atoms with E-state index in [2.05, 4.69) is 27.2 Å². The van der Waals surface area contributed by atoms with E-state index in [1.165, 1.54) is 0 Å². The maximum Gasteiger partial charge on any atom is 0.312 e. The van der Waals surface area contributed by atoms with Crippen molar-refractivity contribution in [2.24, 2.45) is 23.5 Å². The highest BCUT2D eigenvalue weighted by atomic mass is 32.2. The van der Waals surface area contributed by atoms with Crippen LogP contribution < -0.4 is 27.0 Å². The van der Waals surface area contributed by atoms with Crippen LogP contribution in [0.2, 0.25) is 0 Å². The maximum absolute atomic E-state index is 13.5. The Labute approximate surface area is 290 Å². The molecule has 0 aromatic heterocycles. The lowest BCUT2D eigenvalue weighted by Gasteiger charge is -2.27. The predicted molar refractivity (Wildman–Crippen MR) is 179 cm³/mol. The van der Waals surface area contributed by atoms with Crippen molar-refractivity contribution in [3.8, 4) is 12.3 Å². The molecule has 50 heavy (non-hydrogen) atoms. The van der Waals surface area contributed by atoms with Crippen molar-refractivity contribution in [2.75, 3.05) is 18.4 Å². The molecule has 0 saturated carbocycles. The van der Waals surface area contributed by atoms with Crippen LogP contribution in [-0.2, 0) is 50.2 Å². The molecule has 1 heterocycles. The van der Waals surface area contributed by atoms with E-state index < -0.39 is 87.8 Å². The zero-order valence-electron chi connectivity index (χ0n) is 28.3. The van der Waals surface area contributed by atoms with Crippen molar-refractivity contribution in [2.45, 2.75) is 77.3 Å². The van der Waals surface area contributed by atoms with Gasteiger partial charge in [0.2, 0.25) is 29.5 Å². The van der Waals surface area contributed by atoms with Crippen LogP contribution in [0.4, 0.5) is 10.5 Å². The average Bonchev–Trinajstić information content (AvgIpc) is 3.31. The van der Waals surface area contributed by atoms with Crippen LogP contribution in [0, 0.1) is 30.1 Å². The number of nitrogens with one attached hydrogen (secondary N) is 4. The quantitative estimate of drug-likeness (QED) is 0.0388. The molecular formula is C32H44N6O11S. The SMILES string of the molecule is C#CC1CC(=O)N(CC[C@@H](C(=O)N[C@H](C(=O)N[C@@H](CCCNC(N)=O)C(=O)Nc2ccc(COC(=O)C(C)C)cc2)C(C)C)S(=O)(=O)O)C1=O. The largest absolute Gasteiger partial charge is 0.461 e. The molecule has 1 saturated heterocycles. The Morgan fingerprint density at radius 3 is 2.18 bits per heavy atom.